The van der Waals surface area contributed by atoms with E-state index in [1.807, 2.05) is 13.0 Å². The molecule has 180 valence electrons. The van der Waals surface area contributed by atoms with E-state index in [0.29, 0.717) is 18.3 Å². The number of nitrogens with one attached hydrogen (secondary N) is 3. The van der Waals surface area contributed by atoms with Crippen molar-refractivity contribution in [2.24, 2.45) is 15.7 Å². The Morgan fingerprint density at radius 1 is 1.44 bits per heavy atom. The summed E-state index contributed by atoms with van der Waals surface area (Å²) in [5.74, 6) is 0.790. The van der Waals surface area contributed by atoms with Gasteiger partial charge in [0.2, 0.25) is 5.91 Å². The second kappa shape index (κ2) is 17.8. The highest BCUT2D eigenvalue weighted by molar-refractivity contribution is 5.86. The van der Waals surface area contributed by atoms with Crippen LogP contribution in [0, 0.1) is 0 Å². The number of ether oxygens (including phenoxy) is 2. The summed E-state index contributed by atoms with van der Waals surface area (Å²) in [5.41, 5.74) is 6.17. The molecule has 0 unspecified atom stereocenters. The first-order valence-corrected chi connectivity index (χ1v) is 11.1. The molecule has 0 aromatic carbocycles. The van der Waals surface area contributed by atoms with Crippen LogP contribution in [0.1, 0.15) is 33.1 Å². The van der Waals surface area contributed by atoms with Gasteiger partial charge >= 0.3 is 0 Å². The van der Waals surface area contributed by atoms with Crippen molar-refractivity contribution in [1.29, 1.82) is 0 Å². The van der Waals surface area contributed by atoms with Gasteiger partial charge in [0.05, 0.1) is 19.0 Å². The highest BCUT2D eigenvalue weighted by Crippen LogP contribution is 2.03. The molecule has 0 radical (unpaired) electrons. The summed E-state index contributed by atoms with van der Waals surface area (Å²) in [6.45, 7) is 13.5. The first kappa shape index (κ1) is 27.2. The molecule has 10 nitrogen and oxygen atoms in total. The minimum Gasteiger partial charge on any atom is -0.465 e. The summed E-state index contributed by atoms with van der Waals surface area (Å²) in [5, 5.41) is 8.75. The normalized spacial score (nSPS) is 18.7. The van der Waals surface area contributed by atoms with Crippen LogP contribution in [-0.2, 0) is 14.3 Å². The third-order valence-electron chi connectivity index (χ3n) is 4.39. The Morgan fingerprint density at radius 2 is 2.28 bits per heavy atom. The van der Waals surface area contributed by atoms with Crippen LogP contribution in [0.5, 0.6) is 0 Å². The maximum absolute atomic E-state index is 11.2. The minimum absolute atomic E-state index is 0.0279. The summed E-state index contributed by atoms with van der Waals surface area (Å²) in [6, 6.07) is 0.333. The number of carbonyl (C=O) groups is 1. The van der Waals surface area contributed by atoms with Crippen LogP contribution in [0.4, 0.5) is 0 Å². The number of hydrogen-bond donors (Lipinski definition) is 4. The lowest BCUT2D eigenvalue weighted by molar-refractivity contribution is -0.118. The summed E-state index contributed by atoms with van der Waals surface area (Å²) >= 11 is 0. The zero-order valence-corrected chi connectivity index (χ0v) is 19.4. The van der Waals surface area contributed by atoms with Gasteiger partial charge in [-0.2, -0.15) is 4.99 Å². The van der Waals surface area contributed by atoms with Gasteiger partial charge < -0.3 is 36.1 Å². The Hall–Kier alpha value is -2.85. The standard InChI is InChI=1S/C11H19N5O2.C11H20N2O/c1-2-3-4-18-11-15-8-13-7-10(17)14-6-9(5-12)16-11;1-3-4-6-12-11(2)13-7-5-9-14-10-8-13/h6,8H,2-5,7,12H2,1H3,(H,14,17)(H,13,15,16);3-4,12H,2,5-10H2,1H3/b9-6+;4-3+. The minimum atomic E-state index is -0.218. The van der Waals surface area contributed by atoms with Gasteiger partial charge in [-0.25, -0.2) is 0 Å². The van der Waals surface area contributed by atoms with Crippen LogP contribution in [0.25, 0.3) is 0 Å². The fraction of sp³-hybridized carbons (Fsp3) is 0.591. The maximum Gasteiger partial charge on any atom is 0.295 e. The fourth-order valence-corrected chi connectivity index (χ4v) is 2.55. The van der Waals surface area contributed by atoms with Gasteiger partial charge in [0.1, 0.15) is 12.9 Å². The van der Waals surface area contributed by atoms with Gasteiger partial charge in [0.25, 0.3) is 6.02 Å². The van der Waals surface area contributed by atoms with Gasteiger partial charge in [0, 0.05) is 44.7 Å². The molecule has 0 aromatic rings. The number of rotatable bonds is 8. The Balaban J connectivity index is 0.000000330. The summed E-state index contributed by atoms with van der Waals surface area (Å²) in [6.07, 6.45) is 9.98. The highest BCUT2D eigenvalue weighted by atomic mass is 16.5. The van der Waals surface area contributed by atoms with E-state index in [1.165, 1.54) is 12.5 Å². The van der Waals surface area contributed by atoms with E-state index in [1.54, 1.807) is 0 Å². The summed E-state index contributed by atoms with van der Waals surface area (Å²) < 4.78 is 10.8. The number of amidine groups is 1. The Labute approximate surface area is 191 Å². The van der Waals surface area contributed by atoms with E-state index >= 15 is 0 Å². The van der Waals surface area contributed by atoms with Gasteiger partial charge in [-0.1, -0.05) is 32.1 Å². The predicted octanol–water partition coefficient (Wildman–Crippen LogP) is 1.05. The van der Waals surface area contributed by atoms with Crippen LogP contribution in [0.2, 0.25) is 0 Å². The molecular formula is C22H39N7O3. The van der Waals surface area contributed by atoms with E-state index in [0.717, 1.165) is 57.9 Å². The zero-order chi connectivity index (χ0) is 23.4. The van der Waals surface area contributed by atoms with Gasteiger partial charge in [0.15, 0.2) is 0 Å². The topological polar surface area (TPSA) is 126 Å². The smallest absolute Gasteiger partial charge is 0.295 e. The molecule has 0 aromatic heterocycles. The van der Waals surface area contributed by atoms with Crippen molar-refractivity contribution in [1.82, 2.24) is 20.9 Å². The van der Waals surface area contributed by atoms with Crippen molar-refractivity contribution in [2.75, 3.05) is 52.5 Å². The molecule has 2 heterocycles. The van der Waals surface area contributed by atoms with Crippen LogP contribution >= 0.6 is 0 Å². The Kier molecular flexibility index (Phi) is 15.1. The van der Waals surface area contributed by atoms with E-state index in [4.69, 9.17) is 15.2 Å². The lowest BCUT2D eigenvalue weighted by Crippen LogP contribution is -2.33. The van der Waals surface area contributed by atoms with Crippen LogP contribution in [-0.4, -0.2) is 75.7 Å². The molecular weight excluding hydrogens is 410 g/mol. The van der Waals surface area contributed by atoms with E-state index < -0.39 is 0 Å². The van der Waals surface area contributed by atoms with Crippen molar-refractivity contribution < 1.29 is 14.3 Å². The van der Waals surface area contributed by atoms with Gasteiger partial charge in [-0.05, 0) is 19.8 Å². The van der Waals surface area contributed by atoms with Crippen molar-refractivity contribution in [3.63, 3.8) is 0 Å². The number of unbranched alkanes of at least 4 members (excludes halogenated alkanes) is 1. The van der Waals surface area contributed by atoms with Crippen LogP contribution < -0.4 is 21.7 Å². The number of amides is 1. The molecule has 0 aliphatic carbocycles. The molecule has 10 heteroatoms. The van der Waals surface area contributed by atoms with E-state index in [9.17, 15) is 4.79 Å². The Bertz CT molecular complexity index is 666. The Morgan fingerprint density at radius 3 is 3.03 bits per heavy atom. The molecule has 0 atom stereocenters. The number of carbonyl (C=O) groups excluding carboxylic acids is 1. The lowest BCUT2D eigenvalue weighted by Gasteiger charge is -2.24. The zero-order valence-electron chi connectivity index (χ0n) is 19.4. The molecule has 2 aliphatic heterocycles. The molecule has 5 N–H and O–H groups in total. The molecule has 1 saturated heterocycles. The molecule has 2 rings (SSSR count). The first-order valence-electron chi connectivity index (χ1n) is 11.1. The third-order valence-corrected chi connectivity index (χ3v) is 4.39. The van der Waals surface area contributed by atoms with Crippen molar-refractivity contribution in [3.05, 3.63) is 36.4 Å². The molecule has 32 heavy (non-hydrogen) atoms. The van der Waals surface area contributed by atoms with E-state index in [2.05, 4.69) is 50.4 Å². The molecule has 1 amide bonds. The van der Waals surface area contributed by atoms with Gasteiger partial charge in [-0.15, -0.1) is 0 Å². The SMILES string of the molecule is C=C(NC/C=C/C)N1CCCOCC1.CCCCOC1=NC=NCC(=O)N/C=C(\CN)N1. The lowest BCUT2D eigenvalue weighted by atomic mass is 10.4. The first-order chi connectivity index (χ1) is 15.6. The van der Waals surface area contributed by atoms with Crippen molar-refractivity contribution >= 4 is 18.3 Å². The summed E-state index contributed by atoms with van der Waals surface area (Å²) in [4.78, 5) is 21.3. The van der Waals surface area contributed by atoms with Crippen LogP contribution in [0.15, 0.2) is 46.4 Å². The quantitative estimate of drug-likeness (QED) is 0.322. The monoisotopic (exact) mass is 449 g/mol. The molecule has 0 saturated carbocycles. The average molecular weight is 450 g/mol. The molecule has 0 bridgehead atoms. The second-order valence-electron chi connectivity index (χ2n) is 7.01. The number of aliphatic imine (C=N–C) groups is 2. The number of nitrogens with zero attached hydrogens (tertiary/aromatic N) is 3. The van der Waals surface area contributed by atoms with Crippen molar-refractivity contribution in [3.8, 4) is 0 Å². The number of nitrogens with two attached hydrogens (primary N) is 1. The second-order valence-corrected chi connectivity index (χ2v) is 7.01. The number of hydrogen-bond acceptors (Lipinski definition) is 9. The van der Waals surface area contributed by atoms with Crippen molar-refractivity contribution in [2.45, 2.75) is 33.1 Å². The molecule has 1 fully saturated rings. The van der Waals surface area contributed by atoms with Gasteiger partial charge in [-0.3, -0.25) is 9.79 Å². The third kappa shape index (κ3) is 12.8. The van der Waals surface area contributed by atoms with E-state index in [-0.39, 0.29) is 19.0 Å². The fourth-order valence-electron chi connectivity index (χ4n) is 2.55. The summed E-state index contributed by atoms with van der Waals surface area (Å²) in [7, 11) is 0. The average Bonchev–Trinajstić information content (AvgIpc) is 3.09. The number of allylic oxidation sites excluding steroid dienone is 1. The van der Waals surface area contributed by atoms with Crippen LogP contribution in [0.3, 0.4) is 0 Å². The predicted molar refractivity (Wildman–Crippen MR) is 129 cm³/mol. The maximum atomic E-state index is 11.2. The highest BCUT2D eigenvalue weighted by Gasteiger charge is 2.09. The largest absolute Gasteiger partial charge is 0.465 e. The molecule has 2 aliphatic rings. The molecule has 0 spiro atoms.